The molecule has 1 aromatic carbocycles. The van der Waals surface area contributed by atoms with Gasteiger partial charge in [-0.2, -0.15) is 5.06 Å². The molecule has 0 saturated carbocycles. The van der Waals surface area contributed by atoms with Crippen molar-refractivity contribution in [2.24, 2.45) is 0 Å². The molecule has 3 rings (SSSR count). The van der Waals surface area contributed by atoms with E-state index in [0.29, 0.717) is 0 Å². The molecule has 1 fully saturated rings. The third-order valence-electron chi connectivity index (χ3n) is 4.24. The standard InChI is InChI=1S/C19H24N2O/c1-18(2,3)21-17(16-12-8-9-13-20-16)14-19(4,22-21)15-10-6-5-7-11-15/h5-13,17H,14H2,1-4H3/t17-,19-/m1/s1. The van der Waals surface area contributed by atoms with E-state index in [2.05, 4.69) is 68.1 Å². The van der Waals surface area contributed by atoms with Crippen molar-refractivity contribution in [2.45, 2.75) is 51.3 Å². The Morgan fingerprint density at radius 2 is 1.77 bits per heavy atom. The molecule has 0 amide bonds. The van der Waals surface area contributed by atoms with E-state index >= 15 is 0 Å². The van der Waals surface area contributed by atoms with Crippen LogP contribution in [0.15, 0.2) is 54.7 Å². The van der Waals surface area contributed by atoms with Gasteiger partial charge in [0.2, 0.25) is 0 Å². The van der Waals surface area contributed by atoms with E-state index in [1.165, 1.54) is 5.56 Å². The smallest absolute Gasteiger partial charge is 0.114 e. The van der Waals surface area contributed by atoms with Crippen molar-refractivity contribution in [1.82, 2.24) is 10.0 Å². The zero-order valence-corrected chi connectivity index (χ0v) is 13.8. The van der Waals surface area contributed by atoms with Gasteiger partial charge in [-0.25, -0.2) is 0 Å². The maximum atomic E-state index is 6.46. The van der Waals surface area contributed by atoms with Gasteiger partial charge in [-0.1, -0.05) is 36.4 Å². The molecule has 3 nitrogen and oxygen atoms in total. The van der Waals surface area contributed by atoms with Crippen molar-refractivity contribution in [1.29, 1.82) is 0 Å². The monoisotopic (exact) mass is 296 g/mol. The molecular formula is C19H24N2O. The highest BCUT2D eigenvalue weighted by molar-refractivity contribution is 5.25. The van der Waals surface area contributed by atoms with Gasteiger partial charge in [0.1, 0.15) is 5.60 Å². The van der Waals surface area contributed by atoms with Crippen molar-refractivity contribution in [3.63, 3.8) is 0 Å². The van der Waals surface area contributed by atoms with Gasteiger partial charge in [-0.15, -0.1) is 0 Å². The van der Waals surface area contributed by atoms with Crippen LogP contribution in [0.1, 0.15) is 51.4 Å². The molecular weight excluding hydrogens is 272 g/mol. The van der Waals surface area contributed by atoms with Crippen molar-refractivity contribution in [2.75, 3.05) is 0 Å². The van der Waals surface area contributed by atoms with Crippen LogP contribution in [-0.2, 0) is 10.4 Å². The fourth-order valence-corrected chi connectivity index (χ4v) is 3.13. The lowest BCUT2D eigenvalue weighted by molar-refractivity contribution is -0.246. The van der Waals surface area contributed by atoms with Crippen LogP contribution in [0.2, 0.25) is 0 Å². The number of hydrogen-bond donors (Lipinski definition) is 0. The predicted molar refractivity (Wildman–Crippen MR) is 88.1 cm³/mol. The molecule has 0 unspecified atom stereocenters. The minimum absolute atomic E-state index is 0.0886. The number of aromatic nitrogens is 1. The maximum absolute atomic E-state index is 6.46. The van der Waals surface area contributed by atoms with E-state index in [1.54, 1.807) is 0 Å². The Labute approximate surface area is 132 Å². The van der Waals surface area contributed by atoms with Crippen LogP contribution >= 0.6 is 0 Å². The largest absolute Gasteiger partial charge is 0.287 e. The molecule has 0 spiro atoms. The second-order valence-electron chi connectivity index (χ2n) is 7.16. The number of rotatable bonds is 2. The Bertz CT molecular complexity index is 621. The summed E-state index contributed by atoms with van der Waals surface area (Å²) in [6.07, 6.45) is 2.75. The minimum Gasteiger partial charge on any atom is -0.287 e. The van der Waals surface area contributed by atoms with Crippen LogP contribution in [0.25, 0.3) is 0 Å². The number of hydroxylamine groups is 2. The van der Waals surface area contributed by atoms with Crippen LogP contribution in [0.5, 0.6) is 0 Å². The van der Waals surface area contributed by atoms with Crippen LogP contribution in [0, 0.1) is 0 Å². The van der Waals surface area contributed by atoms with Crippen molar-refractivity contribution < 1.29 is 4.84 Å². The average Bonchev–Trinajstić information content (AvgIpc) is 2.89. The highest BCUT2D eigenvalue weighted by Crippen LogP contribution is 2.48. The first-order valence-electron chi connectivity index (χ1n) is 7.85. The van der Waals surface area contributed by atoms with Gasteiger partial charge in [-0.3, -0.25) is 9.82 Å². The molecule has 1 aliphatic rings. The highest BCUT2D eigenvalue weighted by atomic mass is 16.7. The van der Waals surface area contributed by atoms with Crippen LogP contribution < -0.4 is 0 Å². The second-order valence-corrected chi connectivity index (χ2v) is 7.16. The Balaban J connectivity index is 1.99. The van der Waals surface area contributed by atoms with Crippen molar-refractivity contribution >= 4 is 0 Å². The number of nitrogens with zero attached hydrogens (tertiary/aromatic N) is 2. The summed E-state index contributed by atoms with van der Waals surface area (Å²) < 4.78 is 0. The topological polar surface area (TPSA) is 25.4 Å². The van der Waals surface area contributed by atoms with Gasteiger partial charge in [0, 0.05) is 18.2 Å². The Morgan fingerprint density at radius 1 is 1.09 bits per heavy atom. The summed E-state index contributed by atoms with van der Waals surface area (Å²) in [7, 11) is 0. The molecule has 116 valence electrons. The average molecular weight is 296 g/mol. The summed E-state index contributed by atoms with van der Waals surface area (Å²) in [5.74, 6) is 0. The van der Waals surface area contributed by atoms with Crippen LogP contribution in [0.3, 0.4) is 0 Å². The van der Waals surface area contributed by atoms with E-state index in [4.69, 9.17) is 4.84 Å². The molecule has 0 N–H and O–H groups in total. The van der Waals surface area contributed by atoms with Gasteiger partial charge in [0.15, 0.2) is 0 Å². The van der Waals surface area contributed by atoms with Crippen LogP contribution in [0.4, 0.5) is 0 Å². The molecule has 1 aromatic heterocycles. The van der Waals surface area contributed by atoms with Crippen molar-refractivity contribution in [3.8, 4) is 0 Å². The molecule has 0 radical (unpaired) electrons. The quantitative estimate of drug-likeness (QED) is 0.817. The van der Waals surface area contributed by atoms with E-state index in [9.17, 15) is 0 Å². The molecule has 1 saturated heterocycles. The molecule has 2 heterocycles. The lowest BCUT2D eigenvalue weighted by Gasteiger charge is -2.36. The molecule has 22 heavy (non-hydrogen) atoms. The second kappa shape index (κ2) is 5.49. The summed E-state index contributed by atoms with van der Waals surface area (Å²) in [5.41, 5.74) is 1.87. The van der Waals surface area contributed by atoms with E-state index in [1.807, 2.05) is 24.4 Å². The lowest BCUT2D eigenvalue weighted by atomic mass is 9.88. The Hall–Kier alpha value is -1.71. The zero-order valence-electron chi connectivity index (χ0n) is 13.8. The van der Waals surface area contributed by atoms with Gasteiger partial charge in [0.25, 0.3) is 0 Å². The Kier molecular flexibility index (Phi) is 3.79. The molecule has 0 bridgehead atoms. The third-order valence-corrected chi connectivity index (χ3v) is 4.24. The van der Waals surface area contributed by atoms with E-state index < -0.39 is 0 Å². The number of benzene rings is 1. The van der Waals surface area contributed by atoms with Crippen LogP contribution in [-0.4, -0.2) is 15.6 Å². The normalized spacial score (nSPS) is 26.3. The Morgan fingerprint density at radius 3 is 2.36 bits per heavy atom. The van der Waals surface area contributed by atoms with E-state index in [0.717, 1.165) is 12.1 Å². The van der Waals surface area contributed by atoms with Gasteiger partial charge in [0.05, 0.1) is 11.7 Å². The number of hydrogen-bond acceptors (Lipinski definition) is 3. The highest BCUT2D eigenvalue weighted by Gasteiger charge is 2.48. The van der Waals surface area contributed by atoms with Gasteiger partial charge < -0.3 is 0 Å². The maximum Gasteiger partial charge on any atom is 0.114 e. The van der Waals surface area contributed by atoms with E-state index in [-0.39, 0.29) is 17.2 Å². The van der Waals surface area contributed by atoms with Crippen molar-refractivity contribution in [3.05, 3.63) is 66.0 Å². The predicted octanol–water partition coefficient (Wildman–Crippen LogP) is 4.47. The zero-order chi connectivity index (χ0) is 15.8. The van der Waals surface area contributed by atoms with Gasteiger partial charge >= 0.3 is 0 Å². The first-order valence-corrected chi connectivity index (χ1v) is 7.85. The fourth-order valence-electron chi connectivity index (χ4n) is 3.13. The summed E-state index contributed by atoms with van der Waals surface area (Å²) in [4.78, 5) is 11.0. The molecule has 3 heteroatoms. The third kappa shape index (κ3) is 2.79. The minimum atomic E-state index is -0.323. The van der Waals surface area contributed by atoms with Gasteiger partial charge in [-0.05, 0) is 45.4 Å². The summed E-state index contributed by atoms with van der Waals surface area (Å²) in [6, 6.07) is 16.7. The molecule has 0 aliphatic carbocycles. The molecule has 1 aliphatic heterocycles. The fraction of sp³-hybridized carbons (Fsp3) is 0.421. The summed E-state index contributed by atoms with van der Waals surface area (Å²) in [5, 5.41) is 2.11. The SMILES string of the molecule is CC(C)(C)N1O[C@@](C)(c2ccccc2)C[C@@H]1c1ccccn1. The first-order chi connectivity index (χ1) is 10.4. The molecule has 2 atom stereocenters. The molecule has 2 aromatic rings. The summed E-state index contributed by atoms with van der Waals surface area (Å²) in [6.45, 7) is 8.71. The lowest BCUT2D eigenvalue weighted by Crippen LogP contribution is -2.41. The summed E-state index contributed by atoms with van der Waals surface area (Å²) >= 11 is 0. The number of pyridine rings is 1. The first kappa shape index (κ1) is 15.2.